The molecule has 1 saturated heterocycles. The van der Waals surface area contributed by atoms with Gasteiger partial charge in [-0.25, -0.2) is 4.79 Å². The van der Waals surface area contributed by atoms with Crippen LogP contribution < -0.4 is 11.0 Å². The number of rotatable bonds is 7. The summed E-state index contributed by atoms with van der Waals surface area (Å²) in [6.07, 6.45) is 6.08. The topological polar surface area (TPSA) is 73.2 Å². The second-order valence-electron chi connectivity index (χ2n) is 7.73. The number of halogens is 1. The van der Waals surface area contributed by atoms with Crippen molar-refractivity contribution in [2.24, 2.45) is 0 Å². The number of nitrogens with zero attached hydrogens (tertiary/aromatic N) is 2. The molecule has 2 aromatic rings. The minimum Gasteiger partial charge on any atom is -0.376 e. The first-order valence-corrected chi connectivity index (χ1v) is 11.9. The fourth-order valence-electron chi connectivity index (χ4n) is 4.07. The van der Waals surface area contributed by atoms with Gasteiger partial charge in [-0.15, -0.1) is 0 Å². The number of benzene rings is 1. The fourth-order valence-corrected chi connectivity index (χ4v) is 5.18. The SMILES string of the molecule is O=C(CSc1nc(=O)n(CC2CCCO2)c2c1CCCC2)NCc1ccccc1Cl. The summed E-state index contributed by atoms with van der Waals surface area (Å²) in [5, 5.41) is 4.23. The summed E-state index contributed by atoms with van der Waals surface area (Å²) in [6, 6.07) is 7.45. The quantitative estimate of drug-likeness (QED) is 0.520. The molecule has 1 atom stereocenters. The summed E-state index contributed by atoms with van der Waals surface area (Å²) in [5.41, 5.74) is 2.85. The zero-order valence-electron chi connectivity index (χ0n) is 16.9. The molecule has 1 aliphatic heterocycles. The normalized spacial score (nSPS) is 18.2. The minimum atomic E-state index is -0.231. The maximum Gasteiger partial charge on any atom is 0.348 e. The number of fused-ring (bicyclic) bond motifs is 1. The van der Waals surface area contributed by atoms with Gasteiger partial charge in [0, 0.05) is 29.4 Å². The molecule has 0 bridgehead atoms. The van der Waals surface area contributed by atoms with E-state index in [9.17, 15) is 9.59 Å². The smallest absolute Gasteiger partial charge is 0.348 e. The molecule has 0 radical (unpaired) electrons. The molecule has 1 fully saturated rings. The molecule has 1 aromatic carbocycles. The van der Waals surface area contributed by atoms with E-state index in [2.05, 4.69) is 10.3 Å². The van der Waals surface area contributed by atoms with Gasteiger partial charge in [0.25, 0.3) is 0 Å². The van der Waals surface area contributed by atoms with Gasteiger partial charge < -0.3 is 10.1 Å². The van der Waals surface area contributed by atoms with Crippen molar-refractivity contribution >= 4 is 29.3 Å². The lowest BCUT2D eigenvalue weighted by Crippen LogP contribution is -2.34. The molecular weight excluding hydrogens is 422 g/mol. The largest absolute Gasteiger partial charge is 0.376 e. The van der Waals surface area contributed by atoms with E-state index in [0.29, 0.717) is 23.1 Å². The van der Waals surface area contributed by atoms with E-state index in [0.717, 1.165) is 62.0 Å². The lowest BCUT2D eigenvalue weighted by Gasteiger charge is -2.24. The summed E-state index contributed by atoms with van der Waals surface area (Å²) in [7, 11) is 0. The molecule has 2 aliphatic rings. The number of aromatic nitrogens is 2. The van der Waals surface area contributed by atoms with Gasteiger partial charge in [0.05, 0.1) is 18.4 Å². The molecule has 0 spiro atoms. The lowest BCUT2D eigenvalue weighted by atomic mass is 9.97. The van der Waals surface area contributed by atoms with Gasteiger partial charge in [-0.3, -0.25) is 9.36 Å². The molecule has 4 rings (SSSR count). The first-order valence-electron chi connectivity index (χ1n) is 10.5. The van der Waals surface area contributed by atoms with Crippen LogP contribution in [0.3, 0.4) is 0 Å². The van der Waals surface area contributed by atoms with Crippen molar-refractivity contribution in [3.8, 4) is 0 Å². The van der Waals surface area contributed by atoms with Crippen LogP contribution in [0.4, 0.5) is 0 Å². The number of carbonyl (C=O) groups is 1. The van der Waals surface area contributed by atoms with E-state index in [1.54, 1.807) is 6.07 Å². The highest BCUT2D eigenvalue weighted by Crippen LogP contribution is 2.29. The van der Waals surface area contributed by atoms with Crippen LogP contribution in [0.25, 0.3) is 0 Å². The number of hydrogen-bond donors (Lipinski definition) is 1. The first-order chi connectivity index (χ1) is 14.6. The van der Waals surface area contributed by atoms with Crippen molar-refractivity contribution in [2.45, 2.75) is 62.7 Å². The van der Waals surface area contributed by atoms with Crippen LogP contribution in [-0.4, -0.2) is 33.9 Å². The minimum absolute atomic E-state index is 0.101. The van der Waals surface area contributed by atoms with Gasteiger partial charge in [0.2, 0.25) is 5.91 Å². The Labute approximate surface area is 185 Å². The Bertz CT molecular complexity index is 973. The van der Waals surface area contributed by atoms with Crippen LogP contribution >= 0.6 is 23.4 Å². The van der Waals surface area contributed by atoms with Crippen LogP contribution in [0, 0.1) is 0 Å². The second kappa shape index (κ2) is 9.98. The van der Waals surface area contributed by atoms with E-state index in [1.807, 2.05) is 22.8 Å². The summed E-state index contributed by atoms with van der Waals surface area (Å²) in [4.78, 5) is 29.5. The average Bonchev–Trinajstić information content (AvgIpc) is 3.27. The summed E-state index contributed by atoms with van der Waals surface area (Å²) in [6.45, 7) is 1.73. The number of carbonyl (C=O) groups excluding carboxylic acids is 1. The molecule has 1 N–H and O–H groups in total. The third kappa shape index (κ3) is 5.07. The Balaban J connectivity index is 1.43. The third-order valence-corrected chi connectivity index (χ3v) is 7.02. The van der Waals surface area contributed by atoms with Crippen molar-refractivity contribution in [2.75, 3.05) is 12.4 Å². The lowest BCUT2D eigenvalue weighted by molar-refractivity contribution is -0.118. The Morgan fingerprint density at radius 3 is 2.90 bits per heavy atom. The molecule has 1 amide bonds. The van der Waals surface area contributed by atoms with Crippen molar-refractivity contribution in [1.82, 2.24) is 14.9 Å². The summed E-state index contributed by atoms with van der Waals surface area (Å²) in [5.74, 6) is 0.119. The standard InChI is InChI=1S/C22H26ClN3O3S/c23-18-9-3-1-6-15(18)12-24-20(27)14-30-21-17-8-2-4-10-19(17)26(22(28)25-21)13-16-7-5-11-29-16/h1,3,6,9,16H,2,4-5,7-8,10-14H2,(H,24,27). The second-order valence-corrected chi connectivity index (χ2v) is 9.11. The highest BCUT2D eigenvalue weighted by Gasteiger charge is 2.24. The van der Waals surface area contributed by atoms with Crippen molar-refractivity contribution < 1.29 is 9.53 Å². The number of hydrogen-bond acceptors (Lipinski definition) is 5. The Morgan fingerprint density at radius 2 is 2.10 bits per heavy atom. The molecule has 6 nitrogen and oxygen atoms in total. The van der Waals surface area contributed by atoms with Gasteiger partial charge >= 0.3 is 5.69 Å². The van der Waals surface area contributed by atoms with Gasteiger partial charge in [-0.2, -0.15) is 4.98 Å². The maximum absolute atomic E-state index is 12.8. The van der Waals surface area contributed by atoms with Gasteiger partial charge in [-0.05, 0) is 50.2 Å². The predicted octanol–water partition coefficient (Wildman–Crippen LogP) is 3.36. The zero-order chi connectivity index (χ0) is 20.9. The summed E-state index contributed by atoms with van der Waals surface area (Å²) >= 11 is 7.49. The molecule has 2 heterocycles. The maximum atomic E-state index is 12.8. The Kier molecular flexibility index (Phi) is 7.12. The van der Waals surface area contributed by atoms with Gasteiger partial charge in [0.15, 0.2) is 0 Å². The fraction of sp³-hybridized carbons (Fsp3) is 0.500. The molecule has 160 valence electrons. The zero-order valence-corrected chi connectivity index (χ0v) is 18.4. The van der Waals surface area contributed by atoms with Gasteiger partial charge in [-0.1, -0.05) is 41.6 Å². The van der Waals surface area contributed by atoms with Crippen molar-refractivity contribution in [3.63, 3.8) is 0 Å². The molecule has 8 heteroatoms. The van der Waals surface area contributed by atoms with Crippen LogP contribution in [-0.2, 0) is 35.5 Å². The van der Waals surface area contributed by atoms with Crippen molar-refractivity contribution in [1.29, 1.82) is 0 Å². The van der Waals surface area contributed by atoms with Crippen LogP contribution in [0.1, 0.15) is 42.5 Å². The Hall–Kier alpha value is -1.83. The van der Waals surface area contributed by atoms with E-state index in [-0.39, 0.29) is 23.5 Å². The predicted molar refractivity (Wildman–Crippen MR) is 118 cm³/mol. The van der Waals surface area contributed by atoms with E-state index in [4.69, 9.17) is 16.3 Å². The number of nitrogens with one attached hydrogen (secondary N) is 1. The third-order valence-electron chi connectivity index (χ3n) is 5.63. The van der Waals surface area contributed by atoms with Crippen LogP contribution in [0.15, 0.2) is 34.1 Å². The van der Waals surface area contributed by atoms with Crippen LogP contribution in [0.2, 0.25) is 5.02 Å². The monoisotopic (exact) mass is 447 g/mol. The van der Waals surface area contributed by atoms with Gasteiger partial charge in [0.1, 0.15) is 5.03 Å². The molecule has 0 saturated carbocycles. The van der Waals surface area contributed by atoms with Crippen molar-refractivity contribution in [3.05, 3.63) is 56.6 Å². The van der Waals surface area contributed by atoms with E-state index >= 15 is 0 Å². The van der Waals surface area contributed by atoms with E-state index < -0.39 is 0 Å². The van der Waals surface area contributed by atoms with Crippen LogP contribution in [0.5, 0.6) is 0 Å². The number of thioether (sulfide) groups is 1. The molecular formula is C22H26ClN3O3S. The molecule has 30 heavy (non-hydrogen) atoms. The average molecular weight is 448 g/mol. The highest BCUT2D eigenvalue weighted by atomic mass is 35.5. The summed E-state index contributed by atoms with van der Waals surface area (Å²) < 4.78 is 7.54. The Morgan fingerprint density at radius 1 is 1.27 bits per heavy atom. The first kappa shape index (κ1) is 21.4. The number of amides is 1. The molecule has 1 aliphatic carbocycles. The number of ether oxygens (including phenoxy) is 1. The molecule has 1 unspecified atom stereocenters. The highest BCUT2D eigenvalue weighted by molar-refractivity contribution is 7.99. The molecule has 1 aromatic heterocycles. The van der Waals surface area contributed by atoms with E-state index in [1.165, 1.54) is 11.8 Å².